The number of hydrogen-bond acceptors (Lipinski definition) is 8. The zero-order valence-corrected chi connectivity index (χ0v) is 22.2. The summed E-state index contributed by atoms with van der Waals surface area (Å²) in [7, 11) is 0. The van der Waals surface area contributed by atoms with Crippen molar-refractivity contribution in [3.63, 3.8) is 0 Å². The molecule has 1 unspecified atom stereocenters. The smallest absolute Gasteiger partial charge is 0.335 e. The van der Waals surface area contributed by atoms with E-state index in [1.54, 1.807) is 17.8 Å². The lowest BCUT2D eigenvalue weighted by molar-refractivity contribution is 0.288. The van der Waals surface area contributed by atoms with Crippen molar-refractivity contribution in [2.45, 2.75) is 25.2 Å². The Hall–Kier alpha value is -3.18. The van der Waals surface area contributed by atoms with Crippen LogP contribution in [0.15, 0.2) is 65.7 Å². The van der Waals surface area contributed by atoms with Gasteiger partial charge in [-0.25, -0.2) is 4.98 Å². The molecule has 8 nitrogen and oxygen atoms in total. The lowest BCUT2D eigenvalue weighted by Gasteiger charge is -2.11. The van der Waals surface area contributed by atoms with Crippen molar-refractivity contribution in [1.82, 2.24) is 9.97 Å². The SMILES string of the molecule is Cc1ccc(Oc2cc(OCc3cccc(Cl)n3)c3[nH]c(C4=NCC(CCO)S4)cc3c2)cc1.O=S=O. The summed E-state index contributed by atoms with van der Waals surface area (Å²) in [6.45, 7) is 3.19. The van der Waals surface area contributed by atoms with E-state index >= 15 is 0 Å². The number of benzene rings is 2. The van der Waals surface area contributed by atoms with E-state index in [2.05, 4.69) is 21.0 Å². The number of nitrogens with one attached hydrogen (secondary N) is 1. The summed E-state index contributed by atoms with van der Waals surface area (Å²) in [6, 6.07) is 19.3. The number of thioether (sulfide) groups is 1. The van der Waals surface area contributed by atoms with E-state index in [4.69, 9.17) is 29.5 Å². The van der Waals surface area contributed by atoms with Crippen LogP contribution < -0.4 is 9.47 Å². The second-order valence-corrected chi connectivity index (χ2v) is 10.0. The van der Waals surface area contributed by atoms with Gasteiger partial charge in [0, 0.05) is 23.3 Å². The maximum Gasteiger partial charge on any atom is 0.335 e. The Bertz CT molecular complexity index is 1440. The number of rotatable bonds is 8. The molecule has 0 saturated carbocycles. The Morgan fingerprint density at radius 1 is 1.14 bits per heavy atom. The van der Waals surface area contributed by atoms with Crippen molar-refractivity contribution in [2.75, 3.05) is 13.2 Å². The molecule has 1 atom stereocenters. The Labute approximate surface area is 226 Å². The third kappa shape index (κ3) is 7.20. The van der Waals surface area contributed by atoms with Gasteiger partial charge in [-0.05, 0) is 49.7 Å². The standard InChI is InChI=1S/C26H24ClN3O3S.O2S/c1-16-5-7-19(8-6-16)33-20-11-17-12-22(26-28-14-21(34-26)9-10-31)30-25(17)23(13-20)32-15-18-3-2-4-24(27)29-18;1-3-2/h2-8,11-13,21,30-31H,9-10,14-15H2,1H3;. The summed E-state index contributed by atoms with van der Waals surface area (Å²) < 4.78 is 28.9. The average Bonchev–Trinajstić information content (AvgIpc) is 3.52. The molecule has 0 aliphatic carbocycles. The van der Waals surface area contributed by atoms with E-state index in [1.807, 2.05) is 55.5 Å². The molecule has 11 heteroatoms. The van der Waals surface area contributed by atoms with Crippen molar-refractivity contribution in [2.24, 2.45) is 4.99 Å². The van der Waals surface area contributed by atoms with Crippen molar-refractivity contribution in [1.29, 1.82) is 0 Å². The maximum atomic E-state index is 9.26. The molecular formula is C26H24ClN3O5S2. The van der Waals surface area contributed by atoms with Gasteiger partial charge in [-0.15, -0.1) is 0 Å². The summed E-state index contributed by atoms with van der Waals surface area (Å²) in [4.78, 5) is 12.5. The number of aliphatic imine (C=N–C) groups is 1. The molecule has 3 heterocycles. The normalized spacial score (nSPS) is 14.6. The van der Waals surface area contributed by atoms with Crippen LogP contribution in [0, 0.1) is 6.92 Å². The number of hydrogen-bond donors (Lipinski definition) is 2. The minimum absolute atomic E-state index is 0.169. The van der Waals surface area contributed by atoms with Gasteiger partial charge in [-0.2, -0.15) is 8.42 Å². The van der Waals surface area contributed by atoms with Crippen molar-refractivity contribution < 1.29 is 23.0 Å². The summed E-state index contributed by atoms with van der Waals surface area (Å²) in [5.41, 5.74) is 3.70. The molecule has 0 radical (unpaired) electrons. The molecule has 0 fully saturated rings. The molecule has 5 rings (SSSR count). The molecule has 2 aromatic carbocycles. The fourth-order valence-corrected chi connectivity index (χ4v) is 5.01. The van der Waals surface area contributed by atoms with Gasteiger partial charge < -0.3 is 19.6 Å². The zero-order valence-electron chi connectivity index (χ0n) is 19.8. The number of aromatic nitrogens is 2. The van der Waals surface area contributed by atoms with E-state index in [9.17, 15) is 5.11 Å². The van der Waals surface area contributed by atoms with Crippen molar-refractivity contribution in [3.05, 3.63) is 82.8 Å². The summed E-state index contributed by atoms with van der Waals surface area (Å²) in [6.07, 6.45) is 0.730. The number of aliphatic hydroxyl groups excluding tert-OH is 1. The molecule has 192 valence electrons. The van der Waals surface area contributed by atoms with E-state index in [-0.39, 0.29) is 13.2 Å². The number of ether oxygens (including phenoxy) is 2. The topological polar surface area (TPSA) is 114 Å². The molecule has 1 aliphatic heterocycles. The Kier molecular flexibility index (Phi) is 9.34. The van der Waals surface area contributed by atoms with Gasteiger partial charge in [0.25, 0.3) is 0 Å². The highest BCUT2D eigenvalue weighted by Crippen LogP contribution is 2.36. The van der Waals surface area contributed by atoms with Crippen LogP contribution in [0.1, 0.15) is 23.4 Å². The fourth-order valence-electron chi connectivity index (χ4n) is 3.76. The van der Waals surface area contributed by atoms with Crippen LogP contribution in [0.4, 0.5) is 0 Å². The van der Waals surface area contributed by atoms with Crippen LogP contribution in [0.2, 0.25) is 5.15 Å². The molecule has 0 amide bonds. The third-order valence-electron chi connectivity index (χ3n) is 5.47. The van der Waals surface area contributed by atoms with Gasteiger partial charge in [-0.3, -0.25) is 4.99 Å². The molecule has 2 aromatic heterocycles. The molecule has 37 heavy (non-hydrogen) atoms. The highest BCUT2D eigenvalue weighted by molar-refractivity contribution is 8.15. The van der Waals surface area contributed by atoms with Gasteiger partial charge >= 0.3 is 11.6 Å². The monoisotopic (exact) mass is 557 g/mol. The van der Waals surface area contributed by atoms with Gasteiger partial charge in [0.05, 0.1) is 23.4 Å². The largest absolute Gasteiger partial charge is 0.485 e. The second-order valence-electron chi connectivity index (χ2n) is 8.19. The zero-order chi connectivity index (χ0) is 26.2. The first kappa shape index (κ1) is 26.9. The number of pyridine rings is 1. The number of aryl methyl sites for hydroxylation is 1. The Morgan fingerprint density at radius 2 is 1.92 bits per heavy atom. The van der Waals surface area contributed by atoms with Crippen LogP contribution in [-0.2, 0) is 18.2 Å². The van der Waals surface area contributed by atoms with E-state index < -0.39 is 11.6 Å². The Morgan fingerprint density at radius 3 is 2.65 bits per heavy atom. The van der Waals surface area contributed by atoms with E-state index in [0.717, 1.165) is 39.5 Å². The first-order chi connectivity index (χ1) is 18.0. The molecule has 4 aromatic rings. The minimum Gasteiger partial charge on any atom is -0.485 e. The van der Waals surface area contributed by atoms with Crippen molar-refractivity contribution in [3.8, 4) is 17.2 Å². The van der Waals surface area contributed by atoms with E-state index in [0.29, 0.717) is 28.4 Å². The van der Waals surface area contributed by atoms with Gasteiger partial charge in [0.1, 0.15) is 34.1 Å². The fraction of sp³-hybridized carbons (Fsp3) is 0.231. The van der Waals surface area contributed by atoms with Crippen LogP contribution in [0.5, 0.6) is 17.2 Å². The quantitative estimate of drug-likeness (QED) is 0.276. The molecule has 0 bridgehead atoms. The highest BCUT2D eigenvalue weighted by atomic mass is 35.5. The summed E-state index contributed by atoms with van der Waals surface area (Å²) >= 11 is 6.98. The molecule has 1 aliphatic rings. The van der Waals surface area contributed by atoms with Crippen LogP contribution in [0.3, 0.4) is 0 Å². The summed E-state index contributed by atoms with van der Waals surface area (Å²) in [5, 5.41) is 11.9. The van der Waals surface area contributed by atoms with Crippen LogP contribution in [-0.4, -0.2) is 46.9 Å². The number of aliphatic hydroxyl groups is 1. The molecule has 2 N–H and O–H groups in total. The van der Waals surface area contributed by atoms with Gasteiger partial charge in [0.2, 0.25) is 0 Å². The lowest BCUT2D eigenvalue weighted by Crippen LogP contribution is -2.05. The van der Waals surface area contributed by atoms with Gasteiger partial charge in [0.15, 0.2) is 0 Å². The van der Waals surface area contributed by atoms with Crippen molar-refractivity contribution >= 4 is 50.9 Å². The Balaban J connectivity index is 0.00000102. The molecular weight excluding hydrogens is 534 g/mol. The first-order valence-corrected chi connectivity index (χ1v) is 13.3. The molecule has 0 spiro atoms. The number of aromatic amines is 1. The predicted octanol–water partition coefficient (Wildman–Crippen LogP) is 5.47. The number of fused-ring (bicyclic) bond motifs is 1. The highest BCUT2D eigenvalue weighted by Gasteiger charge is 2.22. The number of halogens is 1. The summed E-state index contributed by atoms with van der Waals surface area (Å²) in [5.74, 6) is 2.09. The molecule has 0 saturated heterocycles. The van der Waals surface area contributed by atoms with E-state index in [1.165, 1.54) is 5.56 Å². The number of H-pyrrole nitrogens is 1. The second kappa shape index (κ2) is 12.9. The minimum atomic E-state index is -0.750. The maximum absolute atomic E-state index is 9.26. The predicted molar refractivity (Wildman–Crippen MR) is 147 cm³/mol. The third-order valence-corrected chi connectivity index (χ3v) is 6.97. The number of nitrogens with zero attached hydrogens (tertiary/aromatic N) is 2. The van der Waals surface area contributed by atoms with Crippen LogP contribution >= 0.6 is 23.4 Å². The van der Waals surface area contributed by atoms with Crippen LogP contribution in [0.25, 0.3) is 10.9 Å². The van der Waals surface area contributed by atoms with Gasteiger partial charge in [-0.1, -0.05) is 47.1 Å². The average molecular weight is 558 g/mol. The lowest BCUT2D eigenvalue weighted by atomic mass is 10.2. The first-order valence-electron chi connectivity index (χ1n) is 11.4.